The first-order valence-corrected chi connectivity index (χ1v) is 39.0. The van der Waals surface area contributed by atoms with Crippen LogP contribution in [0.25, 0.3) is 0 Å². The summed E-state index contributed by atoms with van der Waals surface area (Å²) in [5.74, 6) is 0. The molecule has 0 saturated carbocycles. The highest BCUT2D eigenvalue weighted by Crippen LogP contribution is 2.30. The van der Waals surface area contributed by atoms with Gasteiger partial charge in [0, 0.05) is 183 Å². The van der Waals surface area contributed by atoms with Gasteiger partial charge in [-0.2, -0.15) is 40.5 Å². The number of amides is 10. The van der Waals surface area contributed by atoms with Crippen LogP contribution in [0, 0.1) is 0 Å². The molecule has 32 heteroatoms. The van der Waals surface area contributed by atoms with E-state index in [1.54, 1.807) is 45.0 Å². The number of benzene rings is 1. The number of nitrogens with one attached hydrogen (secondary N) is 1. The molecule has 1 aromatic carbocycles. The van der Waals surface area contributed by atoms with Crippen molar-refractivity contribution in [1.82, 2.24) is 73.3 Å². The lowest BCUT2D eigenvalue weighted by molar-refractivity contribution is 0.0219. The molecular weight excluding hydrogens is 1450 g/mol. The number of likely N-dealkylation sites (tertiary alicyclic amines) is 7. The van der Waals surface area contributed by atoms with Gasteiger partial charge in [-0.15, -0.1) is 0 Å². The molecular formula is C75H143N15O13S4. The van der Waals surface area contributed by atoms with E-state index in [-0.39, 0.29) is 141 Å². The summed E-state index contributed by atoms with van der Waals surface area (Å²) in [4.78, 5) is 115. The summed E-state index contributed by atoms with van der Waals surface area (Å²) < 4.78 is 47.0. The Kier molecular flexibility index (Phi) is 39.5. The van der Waals surface area contributed by atoms with E-state index < -0.39 is 26.8 Å². The highest BCUT2D eigenvalue weighted by atomic mass is 32.2. The van der Waals surface area contributed by atoms with Crippen molar-refractivity contribution in [2.45, 2.75) is 239 Å². The molecule has 0 aliphatic carbocycles. The maximum Gasteiger partial charge on any atom is 0.410 e. The number of piperidine rings is 3. The molecule has 9 aliphatic rings. The fourth-order valence-electron chi connectivity index (χ4n) is 15.5. The Morgan fingerprint density at radius 2 is 0.682 bits per heavy atom. The second-order valence-corrected chi connectivity index (χ2v) is 34.5. The molecule has 0 spiro atoms. The zero-order valence-corrected chi connectivity index (χ0v) is 69.3. The smallest absolute Gasteiger partial charge is 0.410 e. The quantitative estimate of drug-likeness (QED) is 0.191. The Labute approximate surface area is 665 Å². The first kappa shape index (κ1) is 98.0. The molecule has 1 aromatic rings. The van der Waals surface area contributed by atoms with E-state index in [2.05, 4.69) is 20.0 Å². The first-order chi connectivity index (χ1) is 47.4. The van der Waals surface area contributed by atoms with E-state index in [0.717, 1.165) is 122 Å². The van der Waals surface area contributed by atoms with Crippen LogP contribution in [0.4, 0.5) is 33.6 Å². The van der Waals surface area contributed by atoms with E-state index in [1.807, 2.05) is 143 Å². The topological polar surface area (TPSA) is 248 Å². The number of rotatable bonds is 12. The second kappa shape index (κ2) is 43.1. The van der Waals surface area contributed by atoms with Crippen molar-refractivity contribution in [3.63, 3.8) is 0 Å². The minimum atomic E-state index is -3.12. The summed E-state index contributed by atoms with van der Waals surface area (Å²) >= 11 is 0. The summed E-state index contributed by atoms with van der Waals surface area (Å²) in [6, 6.07) is 11.8. The molecule has 6 atom stereocenters. The fourth-order valence-corrected chi connectivity index (χ4v) is 16.3. The molecule has 620 valence electrons. The number of sulfonamides is 1. The van der Waals surface area contributed by atoms with Crippen molar-refractivity contribution >= 4 is 93.0 Å². The van der Waals surface area contributed by atoms with Gasteiger partial charge in [-0.05, 0) is 158 Å². The van der Waals surface area contributed by atoms with Crippen LogP contribution in [-0.2, 0) is 35.6 Å². The molecule has 10 rings (SSSR count). The van der Waals surface area contributed by atoms with Gasteiger partial charge < -0.3 is 73.3 Å². The Morgan fingerprint density at radius 3 is 0.991 bits per heavy atom. The van der Waals surface area contributed by atoms with Crippen LogP contribution in [0.1, 0.15) is 167 Å². The SMILES string of the molecule is C.C.C.CN(C(=O)OC(C)(C)C)[C@H]1CCN(C(=O)N(C)[C@@H]2CCN(C3CCN(C(=O)OCc4ccccc4)CC3)C2)C1.CN(C(=O)OC(C)(C)C)[C@H]1CCN(C(=O)N(C)[C@@H]2CCN(C3CCN(S(C)(=O)=O)CC3)C2)C1.CN(C(=O)OC(C)(C)C)[C@H]1CCN(C(=O)N(C)[C@@H]2CCN(C3CCNCC3)C2)C1.S.S.S. The number of carbonyl (C=O) groups is 7. The second-order valence-electron chi connectivity index (χ2n) is 32.6. The molecule has 9 heterocycles. The Balaban J connectivity index is 0.000000536. The number of ether oxygens (including phenoxy) is 4. The van der Waals surface area contributed by atoms with Crippen LogP contribution in [0.5, 0.6) is 0 Å². The molecule has 0 bridgehead atoms. The Hall–Kier alpha value is -5.09. The van der Waals surface area contributed by atoms with Gasteiger partial charge in [-0.1, -0.05) is 52.6 Å². The van der Waals surface area contributed by atoms with Gasteiger partial charge in [0.05, 0.1) is 24.4 Å². The largest absolute Gasteiger partial charge is 0.445 e. The van der Waals surface area contributed by atoms with E-state index in [9.17, 15) is 42.0 Å². The number of urea groups is 3. The van der Waals surface area contributed by atoms with Crippen LogP contribution < -0.4 is 5.32 Å². The lowest BCUT2D eigenvalue weighted by atomic mass is 10.0. The minimum absolute atomic E-state index is 0. The summed E-state index contributed by atoms with van der Waals surface area (Å²) in [5.41, 5.74) is -0.615. The lowest BCUT2D eigenvalue weighted by Crippen LogP contribution is -2.49. The van der Waals surface area contributed by atoms with Gasteiger partial charge in [-0.3, -0.25) is 14.7 Å². The molecule has 9 fully saturated rings. The Bertz CT molecular complexity index is 3040. The van der Waals surface area contributed by atoms with Crippen LogP contribution in [0.2, 0.25) is 0 Å². The van der Waals surface area contributed by atoms with Crippen molar-refractivity contribution < 1.29 is 60.9 Å². The van der Waals surface area contributed by atoms with Gasteiger partial charge in [0.25, 0.3) is 0 Å². The maximum atomic E-state index is 13.3. The predicted molar refractivity (Wildman–Crippen MR) is 439 cm³/mol. The summed E-state index contributed by atoms with van der Waals surface area (Å²) in [5, 5.41) is 3.43. The molecule has 9 aliphatic heterocycles. The van der Waals surface area contributed by atoms with Gasteiger partial charge in [-0.25, -0.2) is 46.3 Å². The van der Waals surface area contributed by atoms with Gasteiger partial charge in [0.1, 0.15) is 23.4 Å². The van der Waals surface area contributed by atoms with Crippen LogP contribution in [0.15, 0.2) is 30.3 Å². The normalized spacial score (nSPS) is 23.4. The maximum absolute atomic E-state index is 13.3. The molecule has 0 aromatic heterocycles. The molecule has 9 saturated heterocycles. The average molecular weight is 1590 g/mol. The first-order valence-electron chi connectivity index (χ1n) is 37.2. The van der Waals surface area contributed by atoms with Gasteiger partial charge in [0.2, 0.25) is 10.0 Å². The zero-order valence-electron chi connectivity index (χ0n) is 65.5. The molecule has 107 heavy (non-hydrogen) atoms. The van der Waals surface area contributed by atoms with Crippen LogP contribution in [0.3, 0.4) is 0 Å². The Morgan fingerprint density at radius 1 is 0.402 bits per heavy atom. The summed E-state index contributed by atoms with van der Waals surface area (Å²) in [6.45, 7) is 30.9. The van der Waals surface area contributed by atoms with Crippen LogP contribution >= 0.6 is 40.5 Å². The number of nitrogens with zero attached hydrogens (tertiary/aromatic N) is 14. The van der Waals surface area contributed by atoms with Crippen LogP contribution in [-0.4, -0.2) is 356 Å². The zero-order chi connectivity index (χ0) is 73.9. The number of likely N-dealkylation sites (N-methyl/N-ethyl adjacent to an activating group) is 6. The molecule has 0 unspecified atom stereocenters. The van der Waals surface area contributed by atoms with Crippen molar-refractivity contribution in [2.75, 3.05) is 166 Å². The summed E-state index contributed by atoms with van der Waals surface area (Å²) in [6.07, 6.45) is 11.1. The van der Waals surface area contributed by atoms with Gasteiger partial charge in [0.15, 0.2) is 0 Å². The van der Waals surface area contributed by atoms with E-state index in [1.165, 1.54) is 19.1 Å². The highest BCUT2D eigenvalue weighted by Gasteiger charge is 2.43. The fraction of sp³-hybridized carbons (Fsp3) is 0.827. The van der Waals surface area contributed by atoms with Crippen molar-refractivity contribution in [2.24, 2.45) is 0 Å². The lowest BCUT2D eigenvalue weighted by Gasteiger charge is -2.37. The van der Waals surface area contributed by atoms with Crippen molar-refractivity contribution in [3.05, 3.63) is 35.9 Å². The van der Waals surface area contributed by atoms with Crippen molar-refractivity contribution in [3.8, 4) is 0 Å². The predicted octanol–water partition coefficient (Wildman–Crippen LogP) is 9.39. The third-order valence-electron chi connectivity index (χ3n) is 21.8. The molecule has 1 N–H and O–H groups in total. The number of carbonyl (C=O) groups excluding carboxylic acids is 7. The van der Waals surface area contributed by atoms with E-state index in [0.29, 0.717) is 90.2 Å². The number of hydrogen-bond donors (Lipinski definition) is 1. The molecule has 10 amide bonds. The average Bonchev–Trinajstić information content (AvgIpc) is 1.69. The van der Waals surface area contributed by atoms with Gasteiger partial charge >= 0.3 is 42.5 Å². The third kappa shape index (κ3) is 28.3. The van der Waals surface area contributed by atoms with E-state index in [4.69, 9.17) is 18.9 Å². The monoisotopic (exact) mass is 1590 g/mol. The third-order valence-corrected chi connectivity index (χ3v) is 23.1. The minimum Gasteiger partial charge on any atom is -0.445 e. The molecule has 28 nitrogen and oxygen atoms in total. The van der Waals surface area contributed by atoms with Crippen molar-refractivity contribution in [1.29, 1.82) is 0 Å². The number of hydrogen-bond acceptors (Lipinski definition) is 17. The standard InChI is InChI=1S/C29H45N5O5.C22H41N5O5S.C21H39N5O3.3CH4.3H2S/c1-29(2,3)39-27(36)31(5)25-14-18-34(20-25)26(35)30(4)24-13-17-33(19-24)23-11-15-32(16-12-23)28(37)38-21-22-9-7-6-8-10-22;1-22(2,3)32-21(29)24(5)19-8-12-26(16-19)20(28)23(4)18-7-11-25(15-18)17-9-13-27(14-10-17)33(6,30)31;1-21(2,3)29-20(28)24(5)18-9-13-26(15-18)19(27)23(4)17-8-12-25(14-17)16-6-10-22-11-7-16;;;;;;/h6-10,23-25H,11-21H2,1-5H3;17-19H,7-16H2,1-6H3;16-18,22H,6-15H2,1-5H3;3*1H4;3*1H2/t24-,25+;18-,19+;17-,18+;;;;;;/m111....../s1. The van der Waals surface area contributed by atoms with E-state index >= 15 is 0 Å². The summed E-state index contributed by atoms with van der Waals surface area (Å²) in [7, 11) is 7.83. The highest BCUT2D eigenvalue weighted by molar-refractivity contribution is 7.88. The molecule has 0 radical (unpaired) electrons.